The molecule has 1 aromatic carbocycles. The molecule has 0 bridgehead atoms. The quantitative estimate of drug-likeness (QED) is 0.870. The number of benzene rings is 1. The maximum Gasteiger partial charge on any atom is 0.223 e. The highest BCUT2D eigenvalue weighted by Gasteiger charge is 2.26. The van der Waals surface area contributed by atoms with Gasteiger partial charge < -0.3 is 9.88 Å². The first kappa shape index (κ1) is 11.8. The molecule has 4 heteroatoms. The lowest BCUT2D eigenvalue weighted by molar-refractivity contribution is -0.127. The second-order valence-corrected chi connectivity index (χ2v) is 6.09. The van der Waals surface area contributed by atoms with Crippen LogP contribution >= 0.6 is 15.9 Å². The van der Waals surface area contributed by atoms with Crippen molar-refractivity contribution in [2.75, 3.05) is 13.1 Å². The van der Waals surface area contributed by atoms with Crippen LogP contribution in [-0.2, 0) is 11.2 Å². The lowest BCUT2D eigenvalue weighted by Gasteiger charge is -2.15. The number of nitrogens with one attached hydrogen (secondary N) is 1. The van der Waals surface area contributed by atoms with Gasteiger partial charge in [0.05, 0.1) is 0 Å². The Morgan fingerprint density at radius 3 is 3.06 bits per heavy atom. The molecule has 2 heterocycles. The third-order valence-electron chi connectivity index (χ3n) is 3.46. The minimum absolute atomic E-state index is 0.262. The molecule has 1 N–H and O–H groups in total. The molecule has 0 saturated carbocycles. The summed E-state index contributed by atoms with van der Waals surface area (Å²) in [6, 6.07) is 8.50. The van der Waals surface area contributed by atoms with Gasteiger partial charge in [0.15, 0.2) is 0 Å². The summed E-state index contributed by atoms with van der Waals surface area (Å²) in [4.78, 5) is 17.2. The number of aromatic nitrogens is 1. The van der Waals surface area contributed by atoms with Crippen LogP contribution in [0.5, 0.6) is 0 Å². The minimum atomic E-state index is 0.262. The highest BCUT2D eigenvalue weighted by molar-refractivity contribution is 9.09. The molecule has 3 nitrogen and oxygen atoms in total. The van der Waals surface area contributed by atoms with Crippen LogP contribution in [0.1, 0.15) is 12.0 Å². The summed E-state index contributed by atoms with van der Waals surface area (Å²) in [5.41, 5.74) is 2.44. The maximum absolute atomic E-state index is 11.7. The van der Waals surface area contributed by atoms with Gasteiger partial charge in [0.25, 0.3) is 0 Å². The molecule has 2 aromatic rings. The Hall–Kier alpha value is -1.29. The summed E-state index contributed by atoms with van der Waals surface area (Å²) in [7, 11) is 0. The Bertz CT molecular complexity index is 578. The van der Waals surface area contributed by atoms with E-state index < -0.39 is 0 Å². The van der Waals surface area contributed by atoms with Crippen LogP contribution in [0.15, 0.2) is 30.5 Å². The molecule has 3 rings (SSSR count). The Balaban J connectivity index is 1.67. The average Bonchev–Trinajstić information content (AvgIpc) is 2.92. The van der Waals surface area contributed by atoms with Gasteiger partial charge in [-0.2, -0.15) is 0 Å². The van der Waals surface area contributed by atoms with Crippen LogP contribution in [0, 0.1) is 0 Å². The van der Waals surface area contributed by atoms with Gasteiger partial charge in [0.2, 0.25) is 5.91 Å². The molecular formula is C14H15BrN2O. The third kappa shape index (κ3) is 2.29. The van der Waals surface area contributed by atoms with Crippen molar-refractivity contribution in [1.82, 2.24) is 9.88 Å². The lowest BCUT2D eigenvalue weighted by Crippen LogP contribution is -2.27. The van der Waals surface area contributed by atoms with E-state index in [2.05, 4.69) is 45.2 Å². The minimum Gasteiger partial charge on any atom is -0.361 e. The van der Waals surface area contributed by atoms with Crippen molar-refractivity contribution >= 4 is 32.7 Å². The number of carbonyl (C=O) groups excluding carboxylic acids is 1. The number of nitrogens with zero attached hydrogens (tertiary/aromatic N) is 1. The molecule has 1 amide bonds. The third-order valence-corrected chi connectivity index (χ3v) is 4.07. The SMILES string of the molecule is O=C1CC(Br)CN1CCc1ccc2cc[nH]c2c1. The second-order valence-electron chi connectivity index (χ2n) is 4.79. The summed E-state index contributed by atoms with van der Waals surface area (Å²) in [6.07, 6.45) is 3.50. The summed E-state index contributed by atoms with van der Waals surface area (Å²) in [5, 5.41) is 1.23. The predicted molar refractivity (Wildman–Crippen MR) is 75.9 cm³/mol. The first-order valence-corrected chi connectivity index (χ1v) is 7.12. The Morgan fingerprint density at radius 2 is 2.28 bits per heavy atom. The zero-order chi connectivity index (χ0) is 12.5. The summed E-state index contributed by atoms with van der Waals surface area (Å²) < 4.78 is 0. The van der Waals surface area contributed by atoms with Crippen molar-refractivity contribution in [3.8, 4) is 0 Å². The van der Waals surface area contributed by atoms with Crippen LogP contribution < -0.4 is 0 Å². The fraction of sp³-hybridized carbons (Fsp3) is 0.357. The van der Waals surface area contributed by atoms with E-state index >= 15 is 0 Å². The maximum atomic E-state index is 11.7. The molecule has 0 spiro atoms. The number of rotatable bonds is 3. The first-order valence-electron chi connectivity index (χ1n) is 6.20. The highest BCUT2D eigenvalue weighted by atomic mass is 79.9. The fourth-order valence-corrected chi connectivity index (χ4v) is 3.08. The van der Waals surface area contributed by atoms with Crippen LogP contribution in [0.25, 0.3) is 10.9 Å². The Morgan fingerprint density at radius 1 is 1.39 bits per heavy atom. The number of H-pyrrole nitrogens is 1. The first-order chi connectivity index (χ1) is 8.72. The molecule has 1 aliphatic rings. The van der Waals surface area contributed by atoms with E-state index in [1.165, 1.54) is 16.5 Å². The van der Waals surface area contributed by atoms with Gasteiger partial charge in [-0.05, 0) is 29.5 Å². The van der Waals surface area contributed by atoms with Gasteiger partial charge in [0, 0.05) is 36.1 Å². The molecule has 1 aliphatic heterocycles. The van der Waals surface area contributed by atoms with Crippen LogP contribution in [-0.4, -0.2) is 33.7 Å². The van der Waals surface area contributed by atoms with Gasteiger partial charge in [0.1, 0.15) is 0 Å². The van der Waals surface area contributed by atoms with Gasteiger partial charge in [-0.25, -0.2) is 0 Å². The normalized spacial score (nSPS) is 19.9. The highest BCUT2D eigenvalue weighted by Crippen LogP contribution is 2.19. The molecule has 1 aromatic heterocycles. The van der Waals surface area contributed by atoms with Crippen molar-refractivity contribution in [1.29, 1.82) is 0 Å². The number of carbonyl (C=O) groups is 1. The van der Waals surface area contributed by atoms with Gasteiger partial charge in [-0.1, -0.05) is 28.1 Å². The predicted octanol–water partition coefficient (Wildman–Crippen LogP) is 2.71. The van der Waals surface area contributed by atoms with Crippen molar-refractivity contribution in [3.63, 3.8) is 0 Å². The van der Waals surface area contributed by atoms with E-state index in [1.807, 2.05) is 11.1 Å². The number of aromatic amines is 1. The van der Waals surface area contributed by atoms with Crippen LogP contribution in [0.3, 0.4) is 0 Å². The van der Waals surface area contributed by atoms with E-state index in [4.69, 9.17) is 0 Å². The Labute approximate surface area is 114 Å². The smallest absolute Gasteiger partial charge is 0.223 e. The van der Waals surface area contributed by atoms with Gasteiger partial charge >= 0.3 is 0 Å². The number of amides is 1. The van der Waals surface area contributed by atoms with E-state index in [-0.39, 0.29) is 5.91 Å². The number of hydrogen-bond acceptors (Lipinski definition) is 1. The van der Waals surface area contributed by atoms with E-state index in [9.17, 15) is 4.79 Å². The van der Waals surface area contributed by atoms with Gasteiger partial charge in [-0.15, -0.1) is 0 Å². The molecule has 1 atom stereocenters. The average molecular weight is 307 g/mol. The van der Waals surface area contributed by atoms with E-state index in [0.717, 1.165) is 19.5 Å². The van der Waals surface area contributed by atoms with Crippen molar-refractivity contribution in [2.24, 2.45) is 0 Å². The summed E-state index contributed by atoms with van der Waals surface area (Å²) >= 11 is 3.51. The summed E-state index contributed by atoms with van der Waals surface area (Å²) in [5.74, 6) is 0.262. The lowest BCUT2D eigenvalue weighted by atomic mass is 10.1. The Kier molecular flexibility index (Phi) is 3.12. The van der Waals surface area contributed by atoms with Crippen molar-refractivity contribution < 1.29 is 4.79 Å². The van der Waals surface area contributed by atoms with E-state index in [0.29, 0.717) is 11.2 Å². The standard InChI is InChI=1S/C14H15BrN2O/c15-12-8-14(18)17(9-12)6-4-10-1-2-11-3-5-16-13(11)7-10/h1-3,5,7,12,16H,4,6,8-9H2. The van der Waals surface area contributed by atoms with E-state index in [1.54, 1.807) is 0 Å². The summed E-state index contributed by atoms with van der Waals surface area (Å²) in [6.45, 7) is 1.65. The molecular weight excluding hydrogens is 292 g/mol. The molecule has 18 heavy (non-hydrogen) atoms. The number of likely N-dealkylation sites (tertiary alicyclic amines) is 1. The molecule has 1 saturated heterocycles. The monoisotopic (exact) mass is 306 g/mol. The fourth-order valence-electron chi connectivity index (χ4n) is 2.45. The van der Waals surface area contributed by atoms with Crippen molar-refractivity contribution in [3.05, 3.63) is 36.0 Å². The number of hydrogen-bond donors (Lipinski definition) is 1. The molecule has 94 valence electrons. The topological polar surface area (TPSA) is 36.1 Å². The number of halogens is 1. The van der Waals surface area contributed by atoms with Gasteiger partial charge in [-0.3, -0.25) is 4.79 Å². The molecule has 1 fully saturated rings. The largest absolute Gasteiger partial charge is 0.361 e. The van der Waals surface area contributed by atoms with Crippen molar-refractivity contribution in [2.45, 2.75) is 17.7 Å². The zero-order valence-corrected chi connectivity index (χ0v) is 11.6. The number of fused-ring (bicyclic) bond motifs is 1. The molecule has 1 unspecified atom stereocenters. The zero-order valence-electron chi connectivity index (χ0n) is 10.0. The van der Waals surface area contributed by atoms with Crippen LogP contribution in [0.4, 0.5) is 0 Å². The molecule has 0 radical (unpaired) electrons. The van der Waals surface area contributed by atoms with Crippen LogP contribution in [0.2, 0.25) is 0 Å². The second kappa shape index (κ2) is 4.76. The molecule has 0 aliphatic carbocycles. The number of alkyl halides is 1.